The Hall–Kier alpha value is -1.35. The fourth-order valence-electron chi connectivity index (χ4n) is 1.38. The summed E-state index contributed by atoms with van der Waals surface area (Å²) < 4.78 is 18.1. The van der Waals surface area contributed by atoms with Gasteiger partial charge in [-0.1, -0.05) is 0 Å². The first kappa shape index (κ1) is 8.26. The number of benzene rings is 1. The molecule has 3 heteroatoms. The summed E-state index contributed by atoms with van der Waals surface area (Å²) in [7, 11) is 1.85. The largest absolute Gasteiger partial charge is 0.464 e. The first-order chi connectivity index (χ1) is 6.31. The van der Waals surface area contributed by atoms with E-state index in [-0.39, 0.29) is 5.82 Å². The van der Waals surface area contributed by atoms with Crippen LogP contribution in [0.15, 0.2) is 28.9 Å². The van der Waals surface area contributed by atoms with Crippen molar-refractivity contribution >= 4 is 11.0 Å². The molecule has 0 amide bonds. The Balaban J connectivity index is 2.58. The van der Waals surface area contributed by atoms with Crippen molar-refractivity contribution in [1.29, 1.82) is 0 Å². The molecule has 0 bridgehead atoms. The van der Waals surface area contributed by atoms with E-state index in [0.717, 1.165) is 16.5 Å². The maximum absolute atomic E-state index is 12.9. The summed E-state index contributed by atoms with van der Waals surface area (Å²) in [5.74, 6) is -0.230. The Kier molecular flexibility index (Phi) is 2.02. The number of furan rings is 1. The van der Waals surface area contributed by atoms with Crippen molar-refractivity contribution in [2.24, 2.45) is 0 Å². The minimum atomic E-state index is -0.230. The van der Waals surface area contributed by atoms with Gasteiger partial charge in [0.2, 0.25) is 0 Å². The zero-order valence-electron chi connectivity index (χ0n) is 7.30. The number of rotatable bonds is 2. The zero-order chi connectivity index (χ0) is 9.26. The fraction of sp³-hybridized carbons (Fsp3) is 0.200. The van der Waals surface area contributed by atoms with Crippen molar-refractivity contribution in [3.05, 3.63) is 35.8 Å². The zero-order valence-corrected chi connectivity index (χ0v) is 7.30. The summed E-state index contributed by atoms with van der Waals surface area (Å²) in [5, 5.41) is 3.84. The van der Waals surface area contributed by atoms with Crippen LogP contribution in [0.5, 0.6) is 0 Å². The van der Waals surface area contributed by atoms with Gasteiger partial charge in [-0.05, 0) is 25.2 Å². The van der Waals surface area contributed by atoms with Crippen LogP contribution in [0.1, 0.15) is 5.56 Å². The molecule has 0 atom stereocenters. The van der Waals surface area contributed by atoms with Gasteiger partial charge in [0.1, 0.15) is 11.4 Å². The van der Waals surface area contributed by atoms with Crippen LogP contribution in [-0.4, -0.2) is 7.05 Å². The van der Waals surface area contributed by atoms with E-state index in [2.05, 4.69) is 5.32 Å². The molecule has 2 rings (SSSR count). The monoisotopic (exact) mass is 179 g/mol. The van der Waals surface area contributed by atoms with Gasteiger partial charge in [0.05, 0.1) is 6.26 Å². The minimum absolute atomic E-state index is 0.230. The van der Waals surface area contributed by atoms with Crippen molar-refractivity contribution in [3.63, 3.8) is 0 Å². The van der Waals surface area contributed by atoms with E-state index < -0.39 is 0 Å². The van der Waals surface area contributed by atoms with Crippen LogP contribution in [-0.2, 0) is 6.54 Å². The van der Waals surface area contributed by atoms with E-state index >= 15 is 0 Å². The fourth-order valence-corrected chi connectivity index (χ4v) is 1.38. The van der Waals surface area contributed by atoms with Gasteiger partial charge in [0, 0.05) is 17.5 Å². The molecule has 0 aliphatic heterocycles. The molecule has 0 saturated carbocycles. The number of fused-ring (bicyclic) bond motifs is 1. The van der Waals surface area contributed by atoms with Crippen molar-refractivity contribution in [2.45, 2.75) is 6.54 Å². The lowest BCUT2D eigenvalue weighted by molar-refractivity contribution is 0.604. The quantitative estimate of drug-likeness (QED) is 0.765. The molecule has 1 N–H and O–H groups in total. The lowest BCUT2D eigenvalue weighted by atomic mass is 10.2. The van der Waals surface area contributed by atoms with Crippen molar-refractivity contribution < 1.29 is 8.81 Å². The second-order valence-corrected chi connectivity index (χ2v) is 2.93. The highest BCUT2D eigenvalue weighted by atomic mass is 19.1. The predicted octanol–water partition coefficient (Wildman–Crippen LogP) is 2.29. The Bertz CT molecular complexity index is 422. The minimum Gasteiger partial charge on any atom is -0.464 e. The van der Waals surface area contributed by atoms with Gasteiger partial charge in [-0.25, -0.2) is 4.39 Å². The lowest BCUT2D eigenvalue weighted by Gasteiger charge is -1.95. The first-order valence-corrected chi connectivity index (χ1v) is 4.11. The van der Waals surface area contributed by atoms with E-state index in [1.807, 2.05) is 7.05 Å². The maximum atomic E-state index is 12.9. The SMILES string of the molecule is CNCc1coc2ccc(F)cc12. The summed E-state index contributed by atoms with van der Waals surface area (Å²) in [6.07, 6.45) is 1.65. The normalized spacial score (nSPS) is 10.9. The molecule has 1 aromatic heterocycles. The van der Waals surface area contributed by atoms with Crippen molar-refractivity contribution in [1.82, 2.24) is 5.32 Å². The third-order valence-corrected chi connectivity index (χ3v) is 1.98. The second-order valence-electron chi connectivity index (χ2n) is 2.93. The summed E-state index contributed by atoms with van der Waals surface area (Å²) >= 11 is 0. The molecule has 2 nitrogen and oxygen atoms in total. The number of hydrogen-bond acceptors (Lipinski definition) is 2. The third-order valence-electron chi connectivity index (χ3n) is 1.98. The van der Waals surface area contributed by atoms with E-state index in [9.17, 15) is 4.39 Å². The molecule has 0 aliphatic carbocycles. The Morgan fingerprint density at radius 1 is 1.46 bits per heavy atom. The highest BCUT2D eigenvalue weighted by Gasteiger charge is 2.05. The molecule has 1 aromatic carbocycles. The standard InChI is InChI=1S/C10H10FNO/c1-12-5-7-6-13-10-3-2-8(11)4-9(7)10/h2-4,6,12H,5H2,1H3. The molecule has 0 aliphatic rings. The molecule has 0 fully saturated rings. The average Bonchev–Trinajstić information content (AvgIpc) is 2.49. The highest BCUT2D eigenvalue weighted by Crippen LogP contribution is 2.21. The van der Waals surface area contributed by atoms with Gasteiger partial charge in [0.15, 0.2) is 0 Å². The number of hydrogen-bond donors (Lipinski definition) is 1. The molecule has 0 saturated heterocycles. The molecule has 2 aromatic rings. The smallest absolute Gasteiger partial charge is 0.134 e. The molecular weight excluding hydrogens is 169 g/mol. The topological polar surface area (TPSA) is 25.2 Å². The predicted molar refractivity (Wildman–Crippen MR) is 48.9 cm³/mol. The third kappa shape index (κ3) is 1.42. The average molecular weight is 179 g/mol. The molecule has 0 unspecified atom stereocenters. The van der Waals surface area contributed by atoms with Crippen LogP contribution in [0.25, 0.3) is 11.0 Å². The molecule has 0 radical (unpaired) electrons. The number of nitrogens with one attached hydrogen (secondary N) is 1. The molecule has 13 heavy (non-hydrogen) atoms. The maximum Gasteiger partial charge on any atom is 0.134 e. The lowest BCUT2D eigenvalue weighted by Crippen LogP contribution is -2.03. The van der Waals surface area contributed by atoms with Gasteiger partial charge >= 0.3 is 0 Å². The van der Waals surface area contributed by atoms with Crippen LogP contribution in [0.4, 0.5) is 4.39 Å². The van der Waals surface area contributed by atoms with Crippen molar-refractivity contribution in [2.75, 3.05) is 7.05 Å². The highest BCUT2D eigenvalue weighted by molar-refractivity contribution is 5.80. The van der Waals surface area contributed by atoms with E-state index in [4.69, 9.17) is 4.42 Å². The van der Waals surface area contributed by atoms with Gasteiger partial charge in [-0.15, -0.1) is 0 Å². The Morgan fingerprint density at radius 3 is 3.08 bits per heavy atom. The van der Waals surface area contributed by atoms with Gasteiger partial charge in [-0.2, -0.15) is 0 Å². The summed E-state index contributed by atoms with van der Waals surface area (Å²) in [4.78, 5) is 0. The summed E-state index contributed by atoms with van der Waals surface area (Å²) in [5.41, 5.74) is 1.71. The van der Waals surface area contributed by atoms with E-state index in [1.165, 1.54) is 12.1 Å². The summed E-state index contributed by atoms with van der Waals surface area (Å²) in [6.45, 7) is 0.691. The van der Waals surface area contributed by atoms with Crippen LogP contribution in [0.2, 0.25) is 0 Å². The van der Waals surface area contributed by atoms with Gasteiger partial charge in [-0.3, -0.25) is 0 Å². The van der Waals surface area contributed by atoms with E-state index in [1.54, 1.807) is 12.3 Å². The van der Waals surface area contributed by atoms with Crippen LogP contribution < -0.4 is 5.32 Å². The van der Waals surface area contributed by atoms with Crippen LogP contribution in [0, 0.1) is 5.82 Å². The number of halogens is 1. The van der Waals surface area contributed by atoms with Crippen LogP contribution >= 0.6 is 0 Å². The molecule has 0 spiro atoms. The Morgan fingerprint density at radius 2 is 2.31 bits per heavy atom. The van der Waals surface area contributed by atoms with Gasteiger partial charge in [0.25, 0.3) is 0 Å². The Labute approximate surface area is 75.4 Å². The first-order valence-electron chi connectivity index (χ1n) is 4.11. The molecule has 68 valence electrons. The molecular formula is C10H10FNO. The summed E-state index contributed by atoms with van der Waals surface area (Å²) in [6, 6.07) is 4.53. The second kappa shape index (κ2) is 3.18. The van der Waals surface area contributed by atoms with Crippen molar-refractivity contribution in [3.8, 4) is 0 Å². The van der Waals surface area contributed by atoms with Gasteiger partial charge < -0.3 is 9.73 Å². The van der Waals surface area contributed by atoms with Crippen LogP contribution in [0.3, 0.4) is 0 Å². The van der Waals surface area contributed by atoms with E-state index in [0.29, 0.717) is 6.54 Å². The molecule has 1 heterocycles.